The molecule has 0 fully saturated rings. The molecule has 1 heterocycles. The number of nitrogens with two attached hydrogens (primary N) is 1. The van der Waals surface area contributed by atoms with Gasteiger partial charge in [0.25, 0.3) is 0 Å². The summed E-state index contributed by atoms with van der Waals surface area (Å²) >= 11 is 0. The third-order valence-corrected chi connectivity index (χ3v) is 2.33. The third-order valence-electron chi connectivity index (χ3n) is 2.33. The van der Waals surface area contributed by atoms with Gasteiger partial charge in [0.2, 0.25) is 0 Å². The summed E-state index contributed by atoms with van der Waals surface area (Å²) in [5.74, 6) is -0.253. The Labute approximate surface area is 89.5 Å². The van der Waals surface area contributed by atoms with Crippen LogP contribution in [0.25, 0.3) is 0 Å². The summed E-state index contributed by atoms with van der Waals surface area (Å²) < 4.78 is 4.61. The second-order valence-electron chi connectivity index (χ2n) is 3.45. The fourth-order valence-corrected chi connectivity index (χ4v) is 1.34. The van der Waals surface area contributed by atoms with Crippen LogP contribution in [0.1, 0.15) is 23.6 Å². The van der Waals surface area contributed by atoms with Crippen molar-refractivity contribution < 1.29 is 9.53 Å². The Morgan fingerprint density at radius 3 is 2.80 bits per heavy atom. The Bertz CT molecular complexity index is 322. The SMILES string of the molecule is COC(=O)CC(CN)c1ccc(C)nc1. The van der Waals surface area contributed by atoms with E-state index in [0.29, 0.717) is 13.0 Å². The number of ether oxygens (including phenoxy) is 1. The van der Waals surface area contributed by atoms with Gasteiger partial charge in [-0.2, -0.15) is 0 Å². The van der Waals surface area contributed by atoms with Gasteiger partial charge in [-0.1, -0.05) is 6.07 Å². The molecule has 4 heteroatoms. The molecule has 1 aromatic heterocycles. The van der Waals surface area contributed by atoms with Crippen molar-refractivity contribution in [2.24, 2.45) is 5.73 Å². The predicted molar refractivity (Wildman–Crippen MR) is 57.4 cm³/mol. The monoisotopic (exact) mass is 208 g/mol. The molecule has 1 aromatic rings. The Hall–Kier alpha value is -1.42. The van der Waals surface area contributed by atoms with Gasteiger partial charge in [-0.3, -0.25) is 9.78 Å². The number of hydrogen-bond donors (Lipinski definition) is 1. The van der Waals surface area contributed by atoms with E-state index in [2.05, 4.69) is 9.72 Å². The maximum absolute atomic E-state index is 11.1. The van der Waals surface area contributed by atoms with Crippen LogP contribution in [0.2, 0.25) is 0 Å². The summed E-state index contributed by atoms with van der Waals surface area (Å²) in [6.45, 7) is 2.33. The Balaban J connectivity index is 2.74. The molecule has 15 heavy (non-hydrogen) atoms. The minimum atomic E-state index is -0.244. The average molecular weight is 208 g/mol. The molecule has 0 aromatic carbocycles. The number of methoxy groups -OCH3 is 1. The van der Waals surface area contributed by atoms with Crippen molar-refractivity contribution in [3.05, 3.63) is 29.6 Å². The highest BCUT2D eigenvalue weighted by Gasteiger charge is 2.14. The third kappa shape index (κ3) is 3.32. The van der Waals surface area contributed by atoms with Crippen molar-refractivity contribution in [3.8, 4) is 0 Å². The Morgan fingerprint density at radius 2 is 2.33 bits per heavy atom. The van der Waals surface area contributed by atoms with E-state index in [9.17, 15) is 4.79 Å². The van der Waals surface area contributed by atoms with Gasteiger partial charge in [0.1, 0.15) is 0 Å². The topological polar surface area (TPSA) is 65.2 Å². The highest BCUT2D eigenvalue weighted by molar-refractivity contribution is 5.70. The molecule has 0 spiro atoms. The van der Waals surface area contributed by atoms with E-state index in [-0.39, 0.29) is 11.9 Å². The summed E-state index contributed by atoms with van der Waals surface area (Å²) in [5, 5.41) is 0. The van der Waals surface area contributed by atoms with Gasteiger partial charge in [-0.25, -0.2) is 0 Å². The summed E-state index contributed by atoms with van der Waals surface area (Å²) in [4.78, 5) is 15.3. The van der Waals surface area contributed by atoms with Crippen molar-refractivity contribution in [1.29, 1.82) is 0 Å². The maximum atomic E-state index is 11.1. The van der Waals surface area contributed by atoms with Crippen LogP contribution in [0.3, 0.4) is 0 Å². The summed E-state index contributed by atoms with van der Waals surface area (Å²) in [6.07, 6.45) is 2.06. The van der Waals surface area contributed by atoms with Gasteiger partial charge in [-0.15, -0.1) is 0 Å². The van der Waals surface area contributed by atoms with Crippen LogP contribution in [-0.2, 0) is 9.53 Å². The minimum Gasteiger partial charge on any atom is -0.469 e. The highest BCUT2D eigenvalue weighted by atomic mass is 16.5. The normalized spacial score (nSPS) is 12.2. The molecule has 0 saturated carbocycles. The van der Waals surface area contributed by atoms with Gasteiger partial charge in [0.15, 0.2) is 0 Å². The lowest BCUT2D eigenvalue weighted by molar-refractivity contribution is -0.141. The molecule has 2 N–H and O–H groups in total. The molecule has 0 radical (unpaired) electrons. The van der Waals surface area contributed by atoms with Crippen LogP contribution in [0.4, 0.5) is 0 Å². The number of rotatable bonds is 4. The van der Waals surface area contributed by atoms with Crippen molar-refractivity contribution in [2.45, 2.75) is 19.3 Å². The van der Waals surface area contributed by atoms with Crippen LogP contribution in [0.15, 0.2) is 18.3 Å². The number of pyridine rings is 1. The van der Waals surface area contributed by atoms with E-state index in [1.165, 1.54) is 7.11 Å². The van der Waals surface area contributed by atoms with Crippen molar-refractivity contribution in [1.82, 2.24) is 4.98 Å². The van der Waals surface area contributed by atoms with Gasteiger partial charge in [-0.05, 0) is 25.1 Å². The van der Waals surface area contributed by atoms with Gasteiger partial charge >= 0.3 is 5.97 Å². The van der Waals surface area contributed by atoms with Crippen LogP contribution < -0.4 is 5.73 Å². The summed E-state index contributed by atoms with van der Waals surface area (Å²) in [6, 6.07) is 3.86. The molecule has 0 aliphatic rings. The standard InChI is InChI=1S/C11H16N2O2/c1-8-3-4-9(7-13-8)10(6-12)5-11(14)15-2/h3-4,7,10H,5-6,12H2,1-2H3. The largest absolute Gasteiger partial charge is 0.469 e. The smallest absolute Gasteiger partial charge is 0.306 e. The van der Waals surface area contributed by atoms with Gasteiger partial charge in [0.05, 0.1) is 13.5 Å². The predicted octanol–water partition coefficient (Wildman–Crippen LogP) is 0.995. The second kappa shape index (κ2) is 5.46. The molecular formula is C11H16N2O2. The quantitative estimate of drug-likeness (QED) is 0.749. The molecule has 0 bridgehead atoms. The van der Waals surface area contributed by atoms with Crippen molar-refractivity contribution in [2.75, 3.05) is 13.7 Å². The van der Waals surface area contributed by atoms with E-state index < -0.39 is 0 Å². The first-order valence-electron chi connectivity index (χ1n) is 4.86. The number of carbonyl (C=O) groups excluding carboxylic acids is 1. The number of aryl methyl sites for hydroxylation is 1. The molecule has 0 saturated heterocycles. The van der Waals surface area contributed by atoms with Gasteiger partial charge in [0, 0.05) is 17.8 Å². The zero-order valence-corrected chi connectivity index (χ0v) is 9.06. The van der Waals surface area contributed by atoms with E-state index in [4.69, 9.17) is 5.73 Å². The van der Waals surface area contributed by atoms with E-state index in [1.54, 1.807) is 6.20 Å². The van der Waals surface area contributed by atoms with Crippen molar-refractivity contribution >= 4 is 5.97 Å². The Kier molecular flexibility index (Phi) is 4.24. The van der Waals surface area contributed by atoms with Crippen molar-refractivity contribution in [3.63, 3.8) is 0 Å². The highest BCUT2D eigenvalue weighted by Crippen LogP contribution is 2.18. The number of esters is 1. The molecule has 1 atom stereocenters. The molecule has 4 nitrogen and oxygen atoms in total. The summed E-state index contributed by atoms with van der Waals surface area (Å²) in [5.41, 5.74) is 7.54. The Morgan fingerprint density at radius 1 is 1.60 bits per heavy atom. The molecule has 82 valence electrons. The van der Waals surface area contributed by atoms with E-state index in [0.717, 1.165) is 11.3 Å². The minimum absolute atomic E-state index is 0.00875. The number of carbonyl (C=O) groups is 1. The van der Waals surface area contributed by atoms with Gasteiger partial charge < -0.3 is 10.5 Å². The lowest BCUT2D eigenvalue weighted by Crippen LogP contribution is -2.17. The zero-order chi connectivity index (χ0) is 11.3. The first kappa shape index (κ1) is 11.7. The fourth-order valence-electron chi connectivity index (χ4n) is 1.34. The van der Waals surface area contributed by atoms with Crippen LogP contribution in [0.5, 0.6) is 0 Å². The number of aromatic nitrogens is 1. The number of hydrogen-bond acceptors (Lipinski definition) is 4. The second-order valence-corrected chi connectivity index (χ2v) is 3.45. The first-order chi connectivity index (χ1) is 7.17. The molecular weight excluding hydrogens is 192 g/mol. The van der Waals surface area contributed by atoms with E-state index in [1.807, 2.05) is 19.1 Å². The molecule has 0 amide bonds. The lowest BCUT2D eigenvalue weighted by atomic mass is 9.97. The maximum Gasteiger partial charge on any atom is 0.306 e. The molecule has 1 unspecified atom stereocenters. The van der Waals surface area contributed by atoms with Crippen LogP contribution in [0, 0.1) is 6.92 Å². The number of nitrogens with zero attached hydrogens (tertiary/aromatic N) is 1. The van der Waals surface area contributed by atoms with Crippen LogP contribution >= 0.6 is 0 Å². The molecule has 0 aliphatic carbocycles. The lowest BCUT2D eigenvalue weighted by Gasteiger charge is -2.13. The fraction of sp³-hybridized carbons (Fsp3) is 0.455. The first-order valence-corrected chi connectivity index (χ1v) is 4.86. The van der Waals surface area contributed by atoms with E-state index >= 15 is 0 Å². The molecule has 0 aliphatic heterocycles. The molecule has 1 rings (SSSR count). The average Bonchev–Trinajstić information content (AvgIpc) is 2.27. The summed E-state index contributed by atoms with van der Waals surface area (Å²) in [7, 11) is 1.38. The zero-order valence-electron chi connectivity index (χ0n) is 9.06. The van der Waals surface area contributed by atoms with Crippen LogP contribution in [-0.4, -0.2) is 24.6 Å².